The third kappa shape index (κ3) is 5.70. The van der Waals surface area contributed by atoms with Crippen LogP contribution < -0.4 is 10.1 Å². The van der Waals surface area contributed by atoms with Crippen molar-refractivity contribution >= 4 is 17.3 Å². The van der Waals surface area contributed by atoms with Crippen molar-refractivity contribution in [2.75, 3.05) is 26.7 Å². The van der Waals surface area contributed by atoms with Crippen molar-refractivity contribution in [3.05, 3.63) is 45.7 Å². The van der Waals surface area contributed by atoms with E-state index in [1.54, 1.807) is 29.5 Å². The first kappa shape index (κ1) is 19.2. The maximum absolute atomic E-state index is 13.6. The second-order valence-corrected chi connectivity index (χ2v) is 6.91. The molecular weight excluding hydrogens is 339 g/mol. The maximum atomic E-state index is 13.6. The van der Waals surface area contributed by atoms with Gasteiger partial charge < -0.3 is 15.0 Å². The molecule has 136 valence electrons. The summed E-state index contributed by atoms with van der Waals surface area (Å²) >= 11 is 1.67. The first-order valence-electron chi connectivity index (χ1n) is 8.31. The lowest BCUT2D eigenvalue weighted by molar-refractivity contribution is 0.270. The molecule has 0 saturated heterocycles. The van der Waals surface area contributed by atoms with Crippen LogP contribution in [-0.4, -0.2) is 42.6 Å². The smallest absolute Gasteiger partial charge is 0.194 e. The number of para-hydroxylation sites is 1. The fourth-order valence-electron chi connectivity index (χ4n) is 2.18. The van der Waals surface area contributed by atoms with E-state index in [1.807, 2.05) is 25.8 Å². The number of aromatic nitrogens is 1. The number of thiazole rings is 1. The van der Waals surface area contributed by atoms with Gasteiger partial charge in [-0.15, -0.1) is 11.3 Å². The zero-order chi connectivity index (χ0) is 18.2. The molecule has 1 N–H and O–H groups in total. The SMILES string of the molecule is CCNC(=NCc1nc(C)c(C)s1)N(C)CCOc1ccccc1F. The highest BCUT2D eigenvalue weighted by atomic mass is 32.1. The van der Waals surface area contributed by atoms with Gasteiger partial charge in [-0.3, -0.25) is 0 Å². The summed E-state index contributed by atoms with van der Waals surface area (Å²) in [6, 6.07) is 6.42. The number of nitrogens with zero attached hydrogens (tertiary/aromatic N) is 3. The number of aliphatic imine (C=N–C) groups is 1. The van der Waals surface area contributed by atoms with E-state index in [2.05, 4.69) is 22.2 Å². The summed E-state index contributed by atoms with van der Waals surface area (Å²) in [6.07, 6.45) is 0. The van der Waals surface area contributed by atoms with E-state index in [0.717, 1.165) is 23.2 Å². The van der Waals surface area contributed by atoms with Crippen LogP contribution in [0.1, 0.15) is 22.5 Å². The van der Waals surface area contributed by atoms with Crippen molar-refractivity contribution in [3.8, 4) is 5.75 Å². The molecule has 25 heavy (non-hydrogen) atoms. The molecule has 0 aliphatic rings. The minimum atomic E-state index is -0.347. The number of benzene rings is 1. The second-order valence-electron chi connectivity index (χ2n) is 5.62. The van der Waals surface area contributed by atoms with Gasteiger partial charge in [0.15, 0.2) is 17.5 Å². The van der Waals surface area contributed by atoms with Crippen LogP contribution in [-0.2, 0) is 6.54 Å². The molecule has 0 aliphatic carbocycles. The molecule has 0 atom stereocenters. The van der Waals surface area contributed by atoms with E-state index >= 15 is 0 Å². The minimum absolute atomic E-state index is 0.270. The van der Waals surface area contributed by atoms with Crippen LogP contribution in [0.25, 0.3) is 0 Å². The van der Waals surface area contributed by atoms with Gasteiger partial charge in [-0.05, 0) is 32.9 Å². The molecule has 0 amide bonds. The number of hydrogen-bond donors (Lipinski definition) is 1. The van der Waals surface area contributed by atoms with Gasteiger partial charge >= 0.3 is 0 Å². The lowest BCUT2D eigenvalue weighted by Crippen LogP contribution is -2.40. The quantitative estimate of drug-likeness (QED) is 0.604. The number of guanidine groups is 1. The van der Waals surface area contributed by atoms with Gasteiger partial charge in [-0.1, -0.05) is 12.1 Å². The Kier molecular flexibility index (Phi) is 7.18. The molecule has 0 spiro atoms. The molecule has 0 radical (unpaired) electrons. The second kappa shape index (κ2) is 9.36. The predicted molar refractivity (Wildman–Crippen MR) is 101 cm³/mol. The monoisotopic (exact) mass is 364 g/mol. The molecule has 0 aliphatic heterocycles. The summed E-state index contributed by atoms with van der Waals surface area (Å²) < 4.78 is 19.1. The first-order chi connectivity index (χ1) is 12.0. The van der Waals surface area contributed by atoms with Crippen molar-refractivity contribution in [2.45, 2.75) is 27.3 Å². The Balaban J connectivity index is 1.91. The highest BCUT2D eigenvalue weighted by Crippen LogP contribution is 2.17. The van der Waals surface area contributed by atoms with Crippen LogP contribution in [0, 0.1) is 19.7 Å². The molecule has 1 heterocycles. The van der Waals surface area contributed by atoms with Gasteiger partial charge in [-0.2, -0.15) is 0 Å². The number of likely N-dealkylation sites (N-methyl/N-ethyl adjacent to an activating group) is 1. The van der Waals surface area contributed by atoms with Crippen molar-refractivity contribution in [2.24, 2.45) is 4.99 Å². The van der Waals surface area contributed by atoms with Crippen molar-refractivity contribution in [3.63, 3.8) is 0 Å². The van der Waals surface area contributed by atoms with E-state index in [-0.39, 0.29) is 11.6 Å². The van der Waals surface area contributed by atoms with Gasteiger partial charge in [0.05, 0.1) is 18.8 Å². The molecule has 0 saturated carbocycles. The average Bonchev–Trinajstić information content (AvgIpc) is 2.91. The summed E-state index contributed by atoms with van der Waals surface area (Å²) in [5, 5.41) is 4.26. The van der Waals surface area contributed by atoms with Crippen molar-refractivity contribution < 1.29 is 9.13 Å². The van der Waals surface area contributed by atoms with E-state index in [9.17, 15) is 4.39 Å². The normalized spacial score (nSPS) is 11.5. The Hall–Kier alpha value is -2.15. The average molecular weight is 364 g/mol. The lowest BCUT2D eigenvalue weighted by atomic mass is 10.3. The topological polar surface area (TPSA) is 49.8 Å². The molecule has 1 aromatic carbocycles. The maximum Gasteiger partial charge on any atom is 0.194 e. The largest absolute Gasteiger partial charge is 0.489 e. The molecule has 0 bridgehead atoms. The van der Waals surface area contributed by atoms with E-state index in [0.29, 0.717) is 19.7 Å². The Labute approximate surface area is 152 Å². The van der Waals surface area contributed by atoms with Gasteiger partial charge in [0.25, 0.3) is 0 Å². The van der Waals surface area contributed by atoms with Crippen LogP contribution in [0.2, 0.25) is 0 Å². The first-order valence-corrected chi connectivity index (χ1v) is 9.12. The summed E-state index contributed by atoms with van der Waals surface area (Å²) in [5.74, 6) is 0.706. The number of rotatable bonds is 7. The molecule has 0 unspecified atom stereocenters. The molecule has 2 aromatic rings. The van der Waals surface area contributed by atoms with E-state index in [1.165, 1.54) is 10.9 Å². The van der Waals surface area contributed by atoms with Crippen molar-refractivity contribution in [1.82, 2.24) is 15.2 Å². The standard InChI is InChI=1S/C18H25FN4OS/c1-5-20-18(21-12-17-22-13(2)14(3)25-17)23(4)10-11-24-16-9-7-6-8-15(16)19/h6-9H,5,10-12H2,1-4H3,(H,20,21). The fourth-order valence-corrected chi connectivity index (χ4v) is 3.04. The third-order valence-corrected chi connectivity index (χ3v) is 4.71. The zero-order valence-corrected chi connectivity index (χ0v) is 16.0. The van der Waals surface area contributed by atoms with Crippen LogP contribution in [0.5, 0.6) is 5.75 Å². The number of aryl methyl sites for hydroxylation is 2. The van der Waals surface area contributed by atoms with E-state index < -0.39 is 0 Å². The van der Waals surface area contributed by atoms with Gasteiger partial charge in [0, 0.05) is 18.5 Å². The van der Waals surface area contributed by atoms with Gasteiger partial charge in [0.1, 0.15) is 11.6 Å². The highest BCUT2D eigenvalue weighted by molar-refractivity contribution is 7.11. The number of halogens is 1. The summed E-state index contributed by atoms with van der Waals surface area (Å²) in [6.45, 7) is 8.38. The Morgan fingerprint density at radius 2 is 2.12 bits per heavy atom. The zero-order valence-electron chi connectivity index (χ0n) is 15.2. The van der Waals surface area contributed by atoms with Crippen LogP contribution in [0.4, 0.5) is 4.39 Å². The highest BCUT2D eigenvalue weighted by Gasteiger charge is 2.08. The Morgan fingerprint density at radius 3 is 2.76 bits per heavy atom. The van der Waals surface area contributed by atoms with Gasteiger partial charge in [0.2, 0.25) is 0 Å². The molecular formula is C18H25FN4OS. The summed E-state index contributed by atoms with van der Waals surface area (Å²) in [5.41, 5.74) is 1.06. The van der Waals surface area contributed by atoms with Crippen molar-refractivity contribution in [1.29, 1.82) is 0 Å². The Bertz CT molecular complexity index is 697. The van der Waals surface area contributed by atoms with Crippen LogP contribution in [0.15, 0.2) is 29.3 Å². The number of ether oxygens (including phenoxy) is 1. The number of nitrogens with one attached hydrogen (secondary N) is 1. The molecule has 7 heteroatoms. The minimum Gasteiger partial charge on any atom is -0.489 e. The third-order valence-electron chi connectivity index (χ3n) is 3.65. The molecule has 2 rings (SSSR count). The summed E-state index contributed by atoms with van der Waals surface area (Å²) in [4.78, 5) is 12.3. The lowest BCUT2D eigenvalue weighted by Gasteiger charge is -2.22. The molecule has 5 nitrogen and oxygen atoms in total. The van der Waals surface area contributed by atoms with E-state index in [4.69, 9.17) is 4.74 Å². The van der Waals surface area contributed by atoms with Gasteiger partial charge in [-0.25, -0.2) is 14.4 Å². The fraction of sp³-hybridized carbons (Fsp3) is 0.444. The van der Waals surface area contributed by atoms with Crippen LogP contribution in [0.3, 0.4) is 0 Å². The molecule has 0 fully saturated rings. The number of hydrogen-bond acceptors (Lipinski definition) is 4. The van der Waals surface area contributed by atoms with Crippen LogP contribution >= 0.6 is 11.3 Å². The molecule has 1 aromatic heterocycles. The predicted octanol–water partition coefficient (Wildman–Crippen LogP) is 3.38. The Morgan fingerprint density at radius 1 is 1.36 bits per heavy atom. The summed E-state index contributed by atoms with van der Waals surface area (Å²) in [7, 11) is 1.94.